The summed E-state index contributed by atoms with van der Waals surface area (Å²) in [6.07, 6.45) is 1.85. The Morgan fingerprint density at radius 3 is 2.93 bits per heavy atom. The van der Waals surface area contributed by atoms with Crippen molar-refractivity contribution < 1.29 is 9.53 Å². The molecule has 0 aliphatic carbocycles. The molecular formula is C10H20N2O2. The lowest BCUT2D eigenvalue weighted by Gasteiger charge is -2.32. The quantitative estimate of drug-likeness (QED) is 0.709. The average molecular weight is 200 g/mol. The summed E-state index contributed by atoms with van der Waals surface area (Å²) >= 11 is 0. The zero-order valence-electron chi connectivity index (χ0n) is 9.03. The Labute approximate surface area is 85.4 Å². The SMILES string of the molecule is COC(CN)C(=O)N1CCCC(C)C1. The molecule has 0 radical (unpaired) electrons. The van der Waals surface area contributed by atoms with Crippen LogP contribution < -0.4 is 5.73 Å². The molecule has 0 aromatic carbocycles. The van der Waals surface area contributed by atoms with E-state index in [1.807, 2.05) is 4.90 Å². The first-order valence-electron chi connectivity index (χ1n) is 5.20. The summed E-state index contributed by atoms with van der Waals surface area (Å²) in [5.41, 5.74) is 5.45. The predicted molar refractivity (Wildman–Crippen MR) is 54.8 cm³/mol. The van der Waals surface area contributed by atoms with E-state index in [9.17, 15) is 4.79 Å². The van der Waals surface area contributed by atoms with Crippen LogP contribution >= 0.6 is 0 Å². The molecule has 2 unspecified atom stereocenters. The highest BCUT2D eigenvalue weighted by Gasteiger charge is 2.26. The van der Waals surface area contributed by atoms with Gasteiger partial charge in [-0.15, -0.1) is 0 Å². The van der Waals surface area contributed by atoms with Crippen molar-refractivity contribution in [3.05, 3.63) is 0 Å². The number of hydrogen-bond donors (Lipinski definition) is 1. The van der Waals surface area contributed by atoms with E-state index in [0.717, 1.165) is 19.5 Å². The summed E-state index contributed by atoms with van der Waals surface area (Å²) in [5.74, 6) is 0.643. The predicted octanol–water partition coefficient (Wildman–Crippen LogP) is 0.219. The minimum atomic E-state index is -0.458. The Morgan fingerprint density at radius 2 is 2.43 bits per heavy atom. The van der Waals surface area contributed by atoms with Crippen LogP contribution in [0.15, 0.2) is 0 Å². The molecule has 1 rings (SSSR count). The lowest BCUT2D eigenvalue weighted by molar-refractivity contribution is -0.143. The zero-order chi connectivity index (χ0) is 10.6. The molecule has 4 nitrogen and oxygen atoms in total. The molecular weight excluding hydrogens is 180 g/mol. The number of nitrogens with two attached hydrogens (primary N) is 1. The molecule has 2 atom stereocenters. The van der Waals surface area contributed by atoms with Crippen molar-refractivity contribution in [3.8, 4) is 0 Å². The smallest absolute Gasteiger partial charge is 0.253 e. The first-order valence-corrected chi connectivity index (χ1v) is 5.20. The van der Waals surface area contributed by atoms with Crippen LogP contribution in [0, 0.1) is 5.92 Å². The van der Waals surface area contributed by atoms with Crippen molar-refractivity contribution in [2.75, 3.05) is 26.7 Å². The molecule has 14 heavy (non-hydrogen) atoms. The third-order valence-electron chi connectivity index (χ3n) is 2.74. The molecule has 0 bridgehead atoms. The number of amides is 1. The van der Waals surface area contributed by atoms with Crippen molar-refractivity contribution in [3.63, 3.8) is 0 Å². The van der Waals surface area contributed by atoms with E-state index in [1.165, 1.54) is 13.5 Å². The Morgan fingerprint density at radius 1 is 1.71 bits per heavy atom. The highest BCUT2D eigenvalue weighted by Crippen LogP contribution is 2.16. The van der Waals surface area contributed by atoms with Crippen molar-refractivity contribution in [2.45, 2.75) is 25.9 Å². The van der Waals surface area contributed by atoms with Gasteiger partial charge in [0, 0.05) is 26.7 Å². The third kappa shape index (κ3) is 2.69. The number of ether oxygens (including phenoxy) is 1. The van der Waals surface area contributed by atoms with Gasteiger partial charge in [0.1, 0.15) is 6.10 Å². The standard InChI is InChI=1S/C10H20N2O2/c1-8-4-3-5-12(7-8)10(13)9(6-11)14-2/h8-9H,3-7,11H2,1-2H3. The second kappa shape index (κ2) is 5.32. The maximum atomic E-state index is 11.8. The number of piperidine rings is 1. The Bertz CT molecular complexity index is 193. The Kier molecular flexibility index (Phi) is 4.35. The molecule has 0 spiro atoms. The number of likely N-dealkylation sites (tertiary alicyclic amines) is 1. The van der Waals surface area contributed by atoms with Gasteiger partial charge in [-0.3, -0.25) is 4.79 Å². The molecule has 0 aromatic rings. The van der Waals surface area contributed by atoms with Crippen molar-refractivity contribution in [2.24, 2.45) is 11.7 Å². The maximum Gasteiger partial charge on any atom is 0.253 e. The van der Waals surface area contributed by atoms with E-state index in [4.69, 9.17) is 10.5 Å². The third-order valence-corrected chi connectivity index (χ3v) is 2.74. The van der Waals surface area contributed by atoms with Crippen LogP contribution in [0.1, 0.15) is 19.8 Å². The molecule has 4 heteroatoms. The average Bonchev–Trinajstić information content (AvgIpc) is 2.19. The fraction of sp³-hybridized carbons (Fsp3) is 0.900. The number of carbonyl (C=O) groups is 1. The Hall–Kier alpha value is -0.610. The maximum absolute atomic E-state index is 11.8. The highest BCUT2D eigenvalue weighted by atomic mass is 16.5. The first-order chi connectivity index (χ1) is 6.69. The number of carbonyl (C=O) groups excluding carboxylic acids is 1. The number of rotatable bonds is 3. The topological polar surface area (TPSA) is 55.6 Å². The minimum Gasteiger partial charge on any atom is -0.370 e. The van der Waals surface area contributed by atoms with E-state index in [1.54, 1.807) is 0 Å². The fourth-order valence-corrected chi connectivity index (χ4v) is 1.89. The van der Waals surface area contributed by atoms with Gasteiger partial charge >= 0.3 is 0 Å². The summed E-state index contributed by atoms with van der Waals surface area (Å²) in [7, 11) is 1.53. The van der Waals surface area contributed by atoms with E-state index in [2.05, 4.69) is 6.92 Å². The number of hydrogen-bond acceptors (Lipinski definition) is 3. The van der Waals surface area contributed by atoms with Crippen molar-refractivity contribution in [1.29, 1.82) is 0 Å². The molecule has 1 aliphatic heterocycles. The lowest BCUT2D eigenvalue weighted by atomic mass is 10.00. The molecule has 1 saturated heterocycles. The second-order valence-corrected chi connectivity index (χ2v) is 3.99. The summed E-state index contributed by atoms with van der Waals surface area (Å²) in [6.45, 7) is 4.13. The molecule has 1 heterocycles. The van der Waals surface area contributed by atoms with Gasteiger partial charge in [-0.2, -0.15) is 0 Å². The van der Waals surface area contributed by atoms with Gasteiger partial charge in [0.05, 0.1) is 0 Å². The molecule has 1 fully saturated rings. The van der Waals surface area contributed by atoms with Gasteiger partial charge in [-0.1, -0.05) is 6.92 Å². The fourth-order valence-electron chi connectivity index (χ4n) is 1.89. The summed E-state index contributed by atoms with van der Waals surface area (Å²) in [6, 6.07) is 0. The summed E-state index contributed by atoms with van der Waals surface area (Å²) < 4.78 is 5.03. The van der Waals surface area contributed by atoms with Crippen molar-refractivity contribution in [1.82, 2.24) is 4.90 Å². The van der Waals surface area contributed by atoms with Crippen LogP contribution in [0.3, 0.4) is 0 Å². The minimum absolute atomic E-state index is 0.0431. The molecule has 1 aliphatic rings. The molecule has 2 N–H and O–H groups in total. The van der Waals surface area contributed by atoms with Crippen LogP contribution in [0.25, 0.3) is 0 Å². The van der Waals surface area contributed by atoms with Crippen LogP contribution in [0.2, 0.25) is 0 Å². The van der Waals surface area contributed by atoms with Crippen molar-refractivity contribution >= 4 is 5.91 Å². The van der Waals surface area contributed by atoms with Crippen LogP contribution in [0.5, 0.6) is 0 Å². The molecule has 1 amide bonds. The number of nitrogens with zero attached hydrogens (tertiary/aromatic N) is 1. The number of methoxy groups -OCH3 is 1. The van der Waals surface area contributed by atoms with Gasteiger partial charge in [0.15, 0.2) is 0 Å². The van der Waals surface area contributed by atoms with Gasteiger partial charge in [0.25, 0.3) is 5.91 Å². The molecule has 0 aromatic heterocycles. The molecule has 82 valence electrons. The van der Waals surface area contributed by atoms with Crippen LogP contribution in [-0.2, 0) is 9.53 Å². The van der Waals surface area contributed by atoms with E-state index in [0.29, 0.717) is 5.92 Å². The largest absolute Gasteiger partial charge is 0.370 e. The van der Waals surface area contributed by atoms with Crippen LogP contribution in [-0.4, -0.2) is 43.7 Å². The van der Waals surface area contributed by atoms with Gasteiger partial charge in [0.2, 0.25) is 0 Å². The highest BCUT2D eigenvalue weighted by molar-refractivity contribution is 5.81. The summed E-state index contributed by atoms with van der Waals surface area (Å²) in [5, 5.41) is 0. The van der Waals surface area contributed by atoms with E-state index >= 15 is 0 Å². The summed E-state index contributed by atoms with van der Waals surface area (Å²) in [4.78, 5) is 13.7. The first kappa shape index (κ1) is 11.5. The van der Waals surface area contributed by atoms with Gasteiger partial charge in [-0.25, -0.2) is 0 Å². The lowest BCUT2D eigenvalue weighted by Crippen LogP contribution is -2.47. The molecule has 0 saturated carbocycles. The zero-order valence-corrected chi connectivity index (χ0v) is 9.03. The van der Waals surface area contributed by atoms with E-state index < -0.39 is 6.10 Å². The second-order valence-electron chi connectivity index (χ2n) is 3.99. The normalized spacial score (nSPS) is 24.8. The van der Waals surface area contributed by atoms with Gasteiger partial charge in [-0.05, 0) is 18.8 Å². The van der Waals surface area contributed by atoms with E-state index in [-0.39, 0.29) is 12.5 Å². The Balaban J connectivity index is 2.50. The van der Waals surface area contributed by atoms with Gasteiger partial charge < -0.3 is 15.4 Å². The monoisotopic (exact) mass is 200 g/mol. The van der Waals surface area contributed by atoms with Crippen LogP contribution in [0.4, 0.5) is 0 Å².